The van der Waals surface area contributed by atoms with Crippen molar-refractivity contribution in [3.05, 3.63) is 36.4 Å². The minimum absolute atomic E-state index is 0.00886. The van der Waals surface area contributed by atoms with Crippen LogP contribution in [0.5, 0.6) is 5.75 Å². The Balaban J connectivity index is 1.84. The second kappa shape index (κ2) is 7.64. The molecule has 1 aromatic carbocycles. The molecule has 21 heavy (non-hydrogen) atoms. The average molecular weight is 294 g/mol. The van der Waals surface area contributed by atoms with Gasteiger partial charge in [0.15, 0.2) is 0 Å². The summed E-state index contributed by atoms with van der Waals surface area (Å²) < 4.78 is 17.2. The van der Waals surface area contributed by atoms with Crippen LogP contribution in [0.15, 0.2) is 36.4 Å². The standard InChI is InChI=1S/C15H19FN2O3/c16-6-7-21-14-3-1-2-12(9-14)17-15(20)18-13-5-4-11(8-13)10-19/h1-5,9,11,13,19H,6-8,10H2,(H2,17,18,20)/t11-,13+/m0/s1. The monoisotopic (exact) mass is 294 g/mol. The number of ether oxygens (including phenoxy) is 1. The molecule has 1 aromatic rings. The van der Waals surface area contributed by atoms with Gasteiger partial charge in [-0.1, -0.05) is 18.2 Å². The Bertz CT molecular complexity index is 507. The van der Waals surface area contributed by atoms with E-state index in [1.807, 2.05) is 12.2 Å². The van der Waals surface area contributed by atoms with Gasteiger partial charge in [-0.3, -0.25) is 0 Å². The molecule has 5 nitrogen and oxygen atoms in total. The molecule has 0 saturated carbocycles. The number of hydrogen-bond donors (Lipinski definition) is 3. The van der Waals surface area contributed by atoms with E-state index in [9.17, 15) is 9.18 Å². The van der Waals surface area contributed by atoms with Crippen LogP contribution < -0.4 is 15.4 Å². The second-order valence-electron chi connectivity index (χ2n) is 4.83. The van der Waals surface area contributed by atoms with Crippen molar-refractivity contribution in [2.45, 2.75) is 12.5 Å². The molecule has 3 N–H and O–H groups in total. The van der Waals surface area contributed by atoms with Crippen LogP contribution in [-0.4, -0.2) is 37.1 Å². The van der Waals surface area contributed by atoms with Gasteiger partial charge >= 0.3 is 6.03 Å². The van der Waals surface area contributed by atoms with Gasteiger partial charge in [0.25, 0.3) is 0 Å². The van der Waals surface area contributed by atoms with Crippen LogP contribution in [0.1, 0.15) is 6.42 Å². The van der Waals surface area contributed by atoms with Gasteiger partial charge in [-0.05, 0) is 18.6 Å². The smallest absolute Gasteiger partial charge is 0.319 e. The van der Waals surface area contributed by atoms with Gasteiger partial charge < -0.3 is 20.5 Å². The first kappa shape index (κ1) is 15.3. The van der Waals surface area contributed by atoms with Crippen LogP contribution >= 0.6 is 0 Å². The quantitative estimate of drug-likeness (QED) is 0.704. The largest absolute Gasteiger partial charge is 0.491 e. The van der Waals surface area contributed by atoms with Crippen LogP contribution in [-0.2, 0) is 0 Å². The second-order valence-corrected chi connectivity index (χ2v) is 4.83. The number of nitrogens with one attached hydrogen (secondary N) is 2. The third kappa shape index (κ3) is 4.75. The van der Waals surface area contributed by atoms with Crippen molar-refractivity contribution in [3.8, 4) is 5.75 Å². The van der Waals surface area contributed by atoms with Crippen molar-refractivity contribution in [3.63, 3.8) is 0 Å². The first-order chi connectivity index (χ1) is 10.2. The van der Waals surface area contributed by atoms with Gasteiger partial charge in [0.2, 0.25) is 0 Å². The van der Waals surface area contributed by atoms with Gasteiger partial charge in [0.05, 0.1) is 0 Å². The SMILES string of the molecule is O=C(Nc1cccc(OCCF)c1)N[C@@H]1C=C[C@H](CO)C1. The van der Waals surface area contributed by atoms with Gasteiger partial charge in [-0.15, -0.1) is 0 Å². The molecule has 2 amide bonds. The highest BCUT2D eigenvalue weighted by Gasteiger charge is 2.19. The summed E-state index contributed by atoms with van der Waals surface area (Å²) in [5.41, 5.74) is 0.574. The average Bonchev–Trinajstić information content (AvgIpc) is 2.93. The molecule has 1 aliphatic rings. The zero-order valence-corrected chi connectivity index (χ0v) is 11.6. The van der Waals surface area contributed by atoms with E-state index in [-0.39, 0.29) is 31.2 Å². The number of rotatable bonds is 6. The Morgan fingerprint density at radius 1 is 1.43 bits per heavy atom. The lowest BCUT2D eigenvalue weighted by molar-refractivity contribution is 0.238. The number of carbonyl (C=O) groups excluding carboxylic acids is 1. The van der Waals surface area contributed by atoms with Crippen molar-refractivity contribution in [1.82, 2.24) is 5.32 Å². The fourth-order valence-electron chi connectivity index (χ4n) is 2.17. The highest BCUT2D eigenvalue weighted by molar-refractivity contribution is 5.89. The molecule has 0 heterocycles. The van der Waals surface area contributed by atoms with E-state index in [0.29, 0.717) is 17.9 Å². The molecule has 1 aliphatic carbocycles. The summed E-state index contributed by atoms with van der Waals surface area (Å²) in [6.45, 7) is -0.479. The summed E-state index contributed by atoms with van der Waals surface area (Å²) in [6.07, 6.45) is 4.47. The van der Waals surface area contributed by atoms with E-state index in [4.69, 9.17) is 9.84 Å². The van der Waals surface area contributed by atoms with E-state index < -0.39 is 6.67 Å². The van der Waals surface area contributed by atoms with E-state index in [0.717, 1.165) is 0 Å². The van der Waals surface area contributed by atoms with E-state index >= 15 is 0 Å². The van der Waals surface area contributed by atoms with Crippen LogP contribution in [0.2, 0.25) is 0 Å². The zero-order chi connectivity index (χ0) is 15.1. The highest BCUT2D eigenvalue weighted by Crippen LogP contribution is 2.19. The number of alkyl halides is 1. The fraction of sp³-hybridized carbons (Fsp3) is 0.400. The molecule has 0 spiro atoms. The molecule has 0 bridgehead atoms. The molecule has 0 fully saturated rings. The lowest BCUT2D eigenvalue weighted by Crippen LogP contribution is -2.36. The molecule has 2 rings (SSSR count). The Hall–Kier alpha value is -2.08. The minimum atomic E-state index is -0.557. The van der Waals surface area contributed by atoms with Gasteiger partial charge in [0, 0.05) is 30.3 Å². The number of aliphatic hydroxyl groups is 1. The number of halogens is 1. The van der Waals surface area contributed by atoms with Crippen LogP contribution in [0.4, 0.5) is 14.9 Å². The number of amides is 2. The molecular weight excluding hydrogens is 275 g/mol. The Morgan fingerprint density at radius 2 is 2.29 bits per heavy atom. The molecule has 0 aliphatic heterocycles. The maximum absolute atomic E-state index is 12.0. The van der Waals surface area contributed by atoms with Crippen molar-refractivity contribution in [1.29, 1.82) is 0 Å². The predicted molar refractivity (Wildman–Crippen MR) is 78.2 cm³/mol. The first-order valence-corrected chi connectivity index (χ1v) is 6.87. The third-order valence-corrected chi connectivity index (χ3v) is 3.16. The molecule has 6 heteroatoms. The Labute approximate surface area is 122 Å². The van der Waals surface area contributed by atoms with Crippen LogP contribution in [0.3, 0.4) is 0 Å². The van der Waals surface area contributed by atoms with E-state index in [1.165, 1.54) is 0 Å². The molecule has 0 unspecified atom stereocenters. The van der Waals surface area contributed by atoms with Gasteiger partial charge in [-0.2, -0.15) is 0 Å². The first-order valence-electron chi connectivity index (χ1n) is 6.87. The number of aliphatic hydroxyl groups excluding tert-OH is 1. The maximum atomic E-state index is 12.0. The van der Waals surface area contributed by atoms with E-state index in [1.54, 1.807) is 24.3 Å². The summed E-state index contributed by atoms with van der Waals surface area (Å²) in [4.78, 5) is 11.9. The minimum Gasteiger partial charge on any atom is -0.491 e. The van der Waals surface area contributed by atoms with E-state index in [2.05, 4.69) is 10.6 Å². The normalized spacial score (nSPS) is 20.3. The van der Waals surface area contributed by atoms with Crippen molar-refractivity contribution in [2.75, 3.05) is 25.2 Å². The number of urea groups is 1. The number of hydrogen-bond acceptors (Lipinski definition) is 3. The molecular formula is C15H19FN2O3. The topological polar surface area (TPSA) is 70.6 Å². The molecule has 0 radical (unpaired) electrons. The third-order valence-electron chi connectivity index (χ3n) is 3.16. The summed E-state index contributed by atoms with van der Waals surface area (Å²) in [6, 6.07) is 6.38. The maximum Gasteiger partial charge on any atom is 0.319 e. The molecule has 0 saturated heterocycles. The molecule has 0 aromatic heterocycles. The summed E-state index contributed by atoms with van der Waals surface area (Å²) in [7, 11) is 0. The molecule has 114 valence electrons. The van der Waals surface area contributed by atoms with Crippen molar-refractivity contribution >= 4 is 11.7 Å². The van der Waals surface area contributed by atoms with Gasteiger partial charge in [0.1, 0.15) is 19.0 Å². The predicted octanol–water partition coefficient (Wildman–Crippen LogP) is 2.09. The Morgan fingerprint density at radius 3 is 3.00 bits per heavy atom. The number of anilines is 1. The van der Waals surface area contributed by atoms with Gasteiger partial charge in [-0.25, -0.2) is 9.18 Å². The summed E-state index contributed by atoms with van der Waals surface area (Å²) >= 11 is 0. The van der Waals surface area contributed by atoms with Crippen LogP contribution in [0, 0.1) is 5.92 Å². The molecule has 2 atom stereocenters. The highest BCUT2D eigenvalue weighted by atomic mass is 19.1. The van der Waals surface area contributed by atoms with Crippen molar-refractivity contribution in [2.24, 2.45) is 5.92 Å². The van der Waals surface area contributed by atoms with Crippen molar-refractivity contribution < 1.29 is 19.0 Å². The summed E-state index contributed by atoms with van der Waals surface area (Å²) in [5.74, 6) is 0.610. The number of carbonyl (C=O) groups is 1. The lowest BCUT2D eigenvalue weighted by Gasteiger charge is -2.14. The lowest BCUT2D eigenvalue weighted by atomic mass is 10.1. The fourth-order valence-corrected chi connectivity index (χ4v) is 2.17. The zero-order valence-electron chi connectivity index (χ0n) is 11.6. The number of benzene rings is 1. The van der Waals surface area contributed by atoms with Crippen LogP contribution in [0.25, 0.3) is 0 Å². The Kier molecular flexibility index (Phi) is 5.57. The summed E-state index contributed by atoms with van der Waals surface area (Å²) in [5, 5.41) is 14.5.